The van der Waals surface area contributed by atoms with E-state index < -0.39 is 0 Å². The van der Waals surface area contributed by atoms with E-state index in [1.165, 1.54) is 24.0 Å². The smallest absolute Gasteiger partial charge is 0.255 e. The lowest BCUT2D eigenvalue weighted by atomic mass is 10.1. The summed E-state index contributed by atoms with van der Waals surface area (Å²) >= 11 is 1.57. The van der Waals surface area contributed by atoms with Gasteiger partial charge < -0.3 is 10.6 Å². The minimum absolute atomic E-state index is 0.0990. The molecule has 4 rings (SSSR count). The number of amides is 1. The number of hydrogen-bond acceptors (Lipinski definition) is 4. The molecule has 1 amide bonds. The summed E-state index contributed by atoms with van der Waals surface area (Å²) in [6, 6.07) is 23.9. The number of benzene rings is 3. The van der Waals surface area contributed by atoms with Crippen LogP contribution in [0.15, 0.2) is 78.2 Å². The standard InChI is InChI=1S/C27H27N3OS/c1-3-4-7-20-9-11-22(12-10-20)26(31)28-23-15-13-21(14-16-23)25-18-32-27(30-25)29-24-8-5-6-19(2)17-24/h5-6,8-18H,3-4,7H2,1-2H3,(H,28,31)(H,29,30). The zero-order valence-corrected chi connectivity index (χ0v) is 19.2. The molecule has 162 valence electrons. The normalized spacial score (nSPS) is 10.7. The van der Waals surface area contributed by atoms with Gasteiger partial charge in [-0.15, -0.1) is 11.3 Å². The van der Waals surface area contributed by atoms with Crippen molar-refractivity contribution in [2.75, 3.05) is 10.6 Å². The molecule has 0 fully saturated rings. The van der Waals surface area contributed by atoms with Crippen LogP contribution in [0.1, 0.15) is 41.3 Å². The quantitative estimate of drug-likeness (QED) is 0.298. The molecular weight excluding hydrogens is 414 g/mol. The maximum atomic E-state index is 12.6. The molecule has 32 heavy (non-hydrogen) atoms. The molecule has 0 aliphatic heterocycles. The molecule has 0 atom stereocenters. The van der Waals surface area contributed by atoms with Gasteiger partial charge in [0, 0.05) is 27.9 Å². The van der Waals surface area contributed by atoms with Crippen LogP contribution in [0.25, 0.3) is 11.3 Å². The number of unbranched alkanes of at least 4 members (excludes halogenated alkanes) is 1. The SMILES string of the molecule is CCCCc1ccc(C(=O)Nc2ccc(-c3csc(Nc4cccc(C)c4)n3)cc2)cc1. The minimum atomic E-state index is -0.0990. The molecule has 0 aliphatic rings. The van der Waals surface area contributed by atoms with Gasteiger partial charge in [0.25, 0.3) is 5.91 Å². The van der Waals surface area contributed by atoms with E-state index in [1.54, 1.807) is 11.3 Å². The Morgan fingerprint density at radius 2 is 1.75 bits per heavy atom. The van der Waals surface area contributed by atoms with Crippen molar-refractivity contribution in [2.45, 2.75) is 33.1 Å². The average Bonchev–Trinajstić information content (AvgIpc) is 3.27. The molecule has 0 saturated carbocycles. The van der Waals surface area contributed by atoms with Gasteiger partial charge in [-0.3, -0.25) is 4.79 Å². The number of carbonyl (C=O) groups excluding carboxylic acids is 1. The highest BCUT2D eigenvalue weighted by atomic mass is 32.1. The monoisotopic (exact) mass is 441 g/mol. The van der Waals surface area contributed by atoms with Gasteiger partial charge in [-0.25, -0.2) is 4.98 Å². The lowest BCUT2D eigenvalue weighted by molar-refractivity contribution is 0.102. The molecule has 0 spiro atoms. The summed E-state index contributed by atoms with van der Waals surface area (Å²) < 4.78 is 0. The number of hydrogen-bond donors (Lipinski definition) is 2. The second-order valence-electron chi connectivity index (χ2n) is 7.86. The Kier molecular flexibility index (Phi) is 6.97. The van der Waals surface area contributed by atoms with Gasteiger partial charge in [0.15, 0.2) is 5.13 Å². The Labute approximate surface area is 193 Å². The molecule has 0 aliphatic carbocycles. The topological polar surface area (TPSA) is 54.0 Å². The third-order valence-corrected chi connectivity index (χ3v) is 6.00. The number of thiazole rings is 1. The predicted octanol–water partition coefficient (Wildman–Crippen LogP) is 7.46. The van der Waals surface area contributed by atoms with Crippen LogP contribution in [0, 0.1) is 6.92 Å². The number of nitrogens with one attached hydrogen (secondary N) is 2. The van der Waals surface area contributed by atoms with Crippen LogP contribution in [0.3, 0.4) is 0 Å². The number of aromatic nitrogens is 1. The molecule has 2 N–H and O–H groups in total. The minimum Gasteiger partial charge on any atom is -0.332 e. The van der Waals surface area contributed by atoms with Gasteiger partial charge in [-0.2, -0.15) is 0 Å². The number of aryl methyl sites for hydroxylation is 2. The van der Waals surface area contributed by atoms with Crippen LogP contribution >= 0.6 is 11.3 Å². The fraction of sp³-hybridized carbons (Fsp3) is 0.185. The fourth-order valence-electron chi connectivity index (χ4n) is 3.44. The number of anilines is 3. The molecule has 3 aromatic carbocycles. The van der Waals surface area contributed by atoms with Gasteiger partial charge in [-0.05, 0) is 67.3 Å². The molecule has 4 aromatic rings. The van der Waals surface area contributed by atoms with Crippen LogP contribution < -0.4 is 10.6 Å². The third-order valence-electron chi connectivity index (χ3n) is 5.25. The van der Waals surface area contributed by atoms with Gasteiger partial charge in [0.2, 0.25) is 0 Å². The first-order chi connectivity index (χ1) is 15.6. The van der Waals surface area contributed by atoms with E-state index in [-0.39, 0.29) is 5.91 Å². The zero-order chi connectivity index (χ0) is 22.3. The first kappa shape index (κ1) is 21.8. The Bertz CT molecular complexity index is 1180. The second kappa shape index (κ2) is 10.2. The summed E-state index contributed by atoms with van der Waals surface area (Å²) in [5.41, 5.74) is 6.86. The largest absolute Gasteiger partial charge is 0.332 e. The number of carbonyl (C=O) groups is 1. The van der Waals surface area contributed by atoms with Crippen LogP contribution in [0.2, 0.25) is 0 Å². The van der Waals surface area contributed by atoms with Crippen LogP contribution in [0.4, 0.5) is 16.5 Å². The summed E-state index contributed by atoms with van der Waals surface area (Å²) in [7, 11) is 0. The zero-order valence-electron chi connectivity index (χ0n) is 18.4. The van der Waals surface area contributed by atoms with Gasteiger partial charge in [-0.1, -0.05) is 49.7 Å². The highest BCUT2D eigenvalue weighted by Crippen LogP contribution is 2.28. The Morgan fingerprint density at radius 3 is 2.47 bits per heavy atom. The van der Waals surface area contributed by atoms with Crippen molar-refractivity contribution in [3.63, 3.8) is 0 Å². The van der Waals surface area contributed by atoms with E-state index >= 15 is 0 Å². The highest BCUT2D eigenvalue weighted by molar-refractivity contribution is 7.14. The van der Waals surface area contributed by atoms with Gasteiger partial charge >= 0.3 is 0 Å². The maximum absolute atomic E-state index is 12.6. The van der Waals surface area contributed by atoms with Crippen molar-refractivity contribution < 1.29 is 4.79 Å². The predicted molar refractivity (Wildman–Crippen MR) is 135 cm³/mol. The van der Waals surface area contributed by atoms with E-state index in [4.69, 9.17) is 4.98 Å². The van der Waals surface area contributed by atoms with Crippen LogP contribution in [-0.2, 0) is 6.42 Å². The molecule has 1 aromatic heterocycles. The van der Waals surface area contributed by atoms with E-state index in [2.05, 4.69) is 36.6 Å². The van der Waals surface area contributed by atoms with Crippen molar-refractivity contribution in [1.29, 1.82) is 0 Å². The molecule has 1 heterocycles. The molecule has 0 unspecified atom stereocenters. The molecule has 0 bridgehead atoms. The molecule has 5 heteroatoms. The molecular formula is C27H27N3OS. The Balaban J connectivity index is 1.38. The second-order valence-corrected chi connectivity index (χ2v) is 8.72. The van der Waals surface area contributed by atoms with Crippen molar-refractivity contribution >= 4 is 33.8 Å². The van der Waals surface area contributed by atoms with E-state index in [0.29, 0.717) is 5.56 Å². The first-order valence-electron chi connectivity index (χ1n) is 10.9. The Morgan fingerprint density at radius 1 is 0.969 bits per heavy atom. The molecule has 4 nitrogen and oxygen atoms in total. The van der Waals surface area contributed by atoms with Gasteiger partial charge in [0.05, 0.1) is 5.69 Å². The fourth-order valence-corrected chi connectivity index (χ4v) is 4.18. The molecule has 0 saturated heterocycles. The summed E-state index contributed by atoms with van der Waals surface area (Å²) in [5, 5.41) is 9.22. The summed E-state index contributed by atoms with van der Waals surface area (Å²) in [6.07, 6.45) is 3.39. The maximum Gasteiger partial charge on any atom is 0.255 e. The summed E-state index contributed by atoms with van der Waals surface area (Å²) in [6.45, 7) is 4.25. The van der Waals surface area contributed by atoms with Crippen LogP contribution in [-0.4, -0.2) is 10.9 Å². The lowest BCUT2D eigenvalue weighted by Crippen LogP contribution is -2.11. The van der Waals surface area contributed by atoms with Crippen molar-refractivity contribution in [1.82, 2.24) is 4.98 Å². The van der Waals surface area contributed by atoms with Crippen molar-refractivity contribution in [2.24, 2.45) is 0 Å². The highest BCUT2D eigenvalue weighted by Gasteiger charge is 2.08. The number of nitrogens with zero attached hydrogens (tertiary/aromatic N) is 1. The van der Waals surface area contributed by atoms with E-state index in [9.17, 15) is 4.79 Å². The Hall–Kier alpha value is -3.44. The lowest BCUT2D eigenvalue weighted by Gasteiger charge is -2.07. The number of rotatable bonds is 8. The third kappa shape index (κ3) is 5.62. The van der Waals surface area contributed by atoms with Crippen LogP contribution in [0.5, 0.6) is 0 Å². The van der Waals surface area contributed by atoms with E-state index in [0.717, 1.165) is 34.2 Å². The van der Waals surface area contributed by atoms with Crippen molar-refractivity contribution in [3.8, 4) is 11.3 Å². The molecule has 0 radical (unpaired) electrons. The average molecular weight is 442 g/mol. The summed E-state index contributed by atoms with van der Waals surface area (Å²) in [5.74, 6) is -0.0990. The first-order valence-corrected chi connectivity index (χ1v) is 11.8. The summed E-state index contributed by atoms with van der Waals surface area (Å²) in [4.78, 5) is 17.3. The van der Waals surface area contributed by atoms with E-state index in [1.807, 2.05) is 66.0 Å². The van der Waals surface area contributed by atoms with Crippen molar-refractivity contribution in [3.05, 3.63) is 94.9 Å². The van der Waals surface area contributed by atoms with Gasteiger partial charge in [0.1, 0.15) is 0 Å².